The van der Waals surface area contributed by atoms with Crippen molar-refractivity contribution in [3.8, 4) is 0 Å². The first-order chi connectivity index (χ1) is 9.15. The molecule has 0 aromatic carbocycles. The lowest BCUT2D eigenvalue weighted by Crippen LogP contribution is -2.54. The van der Waals surface area contributed by atoms with Crippen molar-refractivity contribution in [2.75, 3.05) is 13.7 Å². The molecule has 2 atom stereocenters. The molecule has 0 saturated heterocycles. The maximum Gasteiger partial charge on any atom is 0.0572 e. The molecule has 2 heteroatoms. The second-order valence-electron chi connectivity index (χ2n) is 7.07. The van der Waals surface area contributed by atoms with Gasteiger partial charge in [-0.2, -0.15) is 0 Å². The molecule has 0 aromatic heterocycles. The van der Waals surface area contributed by atoms with Crippen LogP contribution in [-0.2, 0) is 4.74 Å². The van der Waals surface area contributed by atoms with E-state index in [0.29, 0.717) is 6.10 Å². The van der Waals surface area contributed by atoms with Crippen molar-refractivity contribution in [1.29, 1.82) is 0 Å². The summed E-state index contributed by atoms with van der Waals surface area (Å²) in [6, 6.07) is 1.71. The Kier molecular flexibility index (Phi) is 5.70. The van der Waals surface area contributed by atoms with E-state index in [-0.39, 0.29) is 0 Å². The van der Waals surface area contributed by atoms with Crippen molar-refractivity contribution >= 4 is 0 Å². The summed E-state index contributed by atoms with van der Waals surface area (Å²) in [6.45, 7) is 8.40. The summed E-state index contributed by atoms with van der Waals surface area (Å²) in [7, 11) is 1.87. The van der Waals surface area contributed by atoms with Crippen LogP contribution in [0, 0.1) is 11.8 Å². The van der Waals surface area contributed by atoms with Crippen LogP contribution in [0.5, 0.6) is 0 Å². The second-order valence-corrected chi connectivity index (χ2v) is 7.07. The highest BCUT2D eigenvalue weighted by atomic mass is 16.5. The maximum absolute atomic E-state index is 5.52. The van der Waals surface area contributed by atoms with E-state index in [9.17, 15) is 0 Å². The van der Waals surface area contributed by atoms with E-state index in [4.69, 9.17) is 4.74 Å². The number of ether oxygens (including phenoxy) is 1. The quantitative estimate of drug-likeness (QED) is 0.718. The van der Waals surface area contributed by atoms with Gasteiger partial charge in [-0.05, 0) is 50.4 Å². The van der Waals surface area contributed by atoms with Gasteiger partial charge in [-0.15, -0.1) is 0 Å². The fraction of sp³-hybridized carbons (Fsp3) is 1.00. The SMILES string of the molecule is CC[C@@H]1CC[C@H]1N(CC(C)C)[C@H]1CC[C@H](OC)CC1. The van der Waals surface area contributed by atoms with Crippen molar-refractivity contribution in [1.82, 2.24) is 4.90 Å². The standard InChI is InChI=1S/C17H33NO/c1-5-14-6-11-17(14)18(12-13(2)3)15-7-9-16(19-4)10-8-15/h13-17H,5-12H2,1-4H3/t14-,15-,16-,17-/m1/s1. The van der Waals surface area contributed by atoms with Crippen LogP contribution in [0.2, 0.25) is 0 Å². The third-order valence-corrected chi connectivity index (χ3v) is 5.35. The van der Waals surface area contributed by atoms with Crippen LogP contribution in [0.4, 0.5) is 0 Å². The van der Waals surface area contributed by atoms with E-state index in [1.54, 1.807) is 0 Å². The first kappa shape index (κ1) is 15.3. The number of nitrogens with zero attached hydrogens (tertiary/aromatic N) is 1. The lowest BCUT2D eigenvalue weighted by molar-refractivity contribution is -0.0194. The monoisotopic (exact) mass is 267 g/mol. The summed E-state index contributed by atoms with van der Waals surface area (Å²) in [6.07, 6.45) is 10.0. The number of hydrogen-bond acceptors (Lipinski definition) is 2. The Morgan fingerprint density at radius 3 is 2.16 bits per heavy atom. The Labute approximate surface area is 119 Å². The topological polar surface area (TPSA) is 12.5 Å². The predicted octanol–water partition coefficient (Wildman–Crippen LogP) is 4.09. The van der Waals surface area contributed by atoms with Gasteiger partial charge in [0, 0.05) is 25.7 Å². The second kappa shape index (κ2) is 7.08. The molecule has 0 bridgehead atoms. The Morgan fingerprint density at radius 1 is 1.05 bits per heavy atom. The summed E-state index contributed by atoms with van der Waals surface area (Å²) < 4.78 is 5.52. The summed E-state index contributed by atoms with van der Waals surface area (Å²) in [5, 5.41) is 0. The minimum absolute atomic E-state index is 0.528. The molecule has 2 nitrogen and oxygen atoms in total. The van der Waals surface area contributed by atoms with Gasteiger partial charge in [0.05, 0.1) is 6.10 Å². The van der Waals surface area contributed by atoms with Crippen molar-refractivity contribution in [3.05, 3.63) is 0 Å². The third-order valence-electron chi connectivity index (χ3n) is 5.35. The van der Waals surface area contributed by atoms with Gasteiger partial charge in [0.1, 0.15) is 0 Å². The molecular formula is C17H33NO. The van der Waals surface area contributed by atoms with Gasteiger partial charge in [-0.25, -0.2) is 0 Å². The summed E-state index contributed by atoms with van der Waals surface area (Å²) >= 11 is 0. The third kappa shape index (κ3) is 3.72. The average molecular weight is 267 g/mol. The highest BCUT2D eigenvalue weighted by Gasteiger charge is 2.38. The van der Waals surface area contributed by atoms with Gasteiger partial charge >= 0.3 is 0 Å². The fourth-order valence-corrected chi connectivity index (χ4v) is 4.05. The van der Waals surface area contributed by atoms with Crippen molar-refractivity contribution in [2.45, 2.75) is 83.9 Å². The molecule has 2 fully saturated rings. The zero-order valence-electron chi connectivity index (χ0n) is 13.4. The molecule has 112 valence electrons. The molecule has 0 spiro atoms. The Hall–Kier alpha value is -0.0800. The Balaban J connectivity index is 1.94. The minimum atomic E-state index is 0.528. The molecule has 0 N–H and O–H groups in total. The molecule has 0 unspecified atom stereocenters. The average Bonchev–Trinajstić information content (AvgIpc) is 2.37. The van der Waals surface area contributed by atoms with Crippen molar-refractivity contribution < 1.29 is 4.74 Å². The summed E-state index contributed by atoms with van der Waals surface area (Å²) in [4.78, 5) is 2.88. The van der Waals surface area contributed by atoms with Gasteiger partial charge in [0.25, 0.3) is 0 Å². The molecule has 0 heterocycles. The minimum Gasteiger partial charge on any atom is -0.381 e. The summed E-state index contributed by atoms with van der Waals surface area (Å²) in [5.41, 5.74) is 0. The predicted molar refractivity (Wildman–Crippen MR) is 81.4 cm³/mol. The van der Waals surface area contributed by atoms with E-state index >= 15 is 0 Å². The van der Waals surface area contributed by atoms with Crippen LogP contribution >= 0.6 is 0 Å². The van der Waals surface area contributed by atoms with E-state index in [1.807, 2.05) is 7.11 Å². The molecule has 2 aliphatic carbocycles. The zero-order chi connectivity index (χ0) is 13.8. The number of methoxy groups -OCH3 is 1. The van der Waals surface area contributed by atoms with Crippen LogP contribution in [0.25, 0.3) is 0 Å². The first-order valence-electron chi connectivity index (χ1n) is 8.44. The van der Waals surface area contributed by atoms with E-state index < -0.39 is 0 Å². The fourth-order valence-electron chi connectivity index (χ4n) is 4.05. The largest absolute Gasteiger partial charge is 0.381 e. The van der Waals surface area contributed by atoms with Crippen LogP contribution < -0.4 is 0 Å². The lowest BCUT2D eigenvalue weighted by Gasteiger charge is -2.50. The molecular weight excluding hydrogens is 234 g/mol. The number of rotatable bonds is 6. The summed E-state index contributed by atoms with van der Waals surface area (Å²) in [5.74, 6) is 1.76. The highest BCUT2D eigenvalue weighted by Crippen LogP contribution is 2.38. The van der Waals surface area contributed by atoms with Gasteiger partial charge < -0.3 is 4.74 Å². The smallest absolute Gasteiger partial charge is 0.0572 e. The van der Waals surface area contributed by atoms with Crippen LogP contribution in [-0.4, -0.2) is 36.7 Å². The van der Waals surface area contributed by atoms with Crippen LogP contribution in [0.3, 0.4) is 0 Å². The molecule has 19 heavy (non-hydrogen) atoms. The van der Waals surface area contributed by atoms with Gasteiger partial charge in [0.15, 0.2) is 0 Å². The van der Waals surface area contributed by atoms with E-state index in [1.165, 1.54) is 51.5 Å². The van der Waals surface area contributed by atoms with Gasteiger partial charge in [-0.3, -0.25) is 4.90 Å². The van der Waals surface area contributed by atoms with Gasteiger partial charge in [-0.1, -0.05) is 27.2 Å². The first-order valence-corrected chi connectivity index (χ1v) is 8.44. The van der Waals surface area contributed by atoms with Crippen molar-refractivity contribution in [3.63, 3.8) is 0 Å². The molecule has 0 aliphatic heterocycles. The van der Waals surface area contributed by atoms with Crippen molar-refractivity contribution in [2.24, 2.45) is 11.8 Å². The molecule has 0 aromatic rings. The van der Waals surface area contributed by atoms with Gasteiger partial charge in [0.2, 0.25) is 0 Å². The van der Waals surface area contributed by atoms with E-state index in [0.717, 1.165) is 23.9 Å². The molecule has 2 saturated carbocycles. The highest BCUT2D eigenvalue weighted by molar-refractivity contribution is 4.93. The maximum atomic E-state index is 5.52. The zero-order valence-corrected chi connectivity index (χ0v) is 13.4. The molecule has 2 rings (SSSR count). The van der Waals surface area contributed by atoms with Crippen LogP contribution in [0.1, 0.15) is 65.7 Å². The molecule has 2 aliphatic rings. The normalized spacial score (nSPS) is 35.7. The number of hydrogen-bond donors (Lipinski definition) is 0. The van der Waals surface area contributed by atoms with E-state index in [2.05, 4.69) is 25.7 Å². The lowest BCUT2D eigenvalue weighted by atomic mass is 9.75. The molecule has 0 amide bonds. The molecule has 0 radical (unpaired) electrons. The Morgan fingerprint density at radius 2 is 1.74 bits per heavy atom. The Bertz CT molecular complexity index is 256. The van der Waals surface area contributed by atoms with Crippen LogP contribution in [0.15, 0.2) is 0 Å².